The SMILES string of the molecule is ClCCc1cnn(-c2ncccc2Cl)c1. The second kappa shape index (κ2) is 4.64. The molecule has 0 aliphatic carbocycles. The molecule has 0 spiro atoms. The van der Waals surface area contributed by atoms with E-state index in [9.17, 15) is 0 Å². The topological polar surface area (TPSA) is 30.7 Å². The molecule has 5 heteroatoms. The van der Waals surface area contributed by atoms with Crippen molar-refractivity contribution in [1.29, 1.82) is 0 Å². The maximum absolute atomic E-state index is 6.00. The van der Waals surface area contributed by atoms with Crippen molar-refractivity contribution in [3.8, 4) is 5.82 Å². The van der Waals surface area contributed by atoms with Gasteiger partial charge in [0.05, 0.1) is 11.2 Å². The van der Waals surface area contributed by atoms with E-state index in [0.29, 0.717) is 16.7 Å². The van der Waals surface area contributed by atoms with Gasteiger partial charge in [0.25, 0.3) is 0 Å². The van der Waals surface area contributed by atoms with E-state index in [4.69, 9.17) is 23.2 Å². The first-order valence-electron chi connectivity index (χ1n) is 4.51. The molecule has 0 amide bonds. The minimum absolute atomic E-state index is 0.582. The first kappa shape index (κ1) is 10.5. The summed E-state index contributed by atoms with van der Waals surface area (Å²) < 4.78 is 1.66. The van der Waals surface area contributed by atoms with E-state index < -0.39 is 0 Å². The van der Waals surface area contributed by atoms with Crippen LogP contribution < -0.4 is 0 Å². The molecule has 0 saturated heterocycles. The molecule has 78 valence electrons. The molecular weight excluding hydrogens is 233 g/mol. The summed E-state index contributed by atoms with van der Waals surface area (Å²) in [6.07, 6.45) is 6.14. The number of alkyl halides is 1. The van der Waals surface area contributed by atoms with E-state index in [1.807, 2.05) is 6.20 Å². The third-order valence-corrected chi connectivity index (χ3v) is 2.46. The number of aryl methyl sites for hydroxylation is 1. The van der Waals surface area contributed by atoms with Crippen LogP contribution in [-0.2, 0) is 6.42 Å². The van der Waals surface area contributed by atoms with Crippen molar-refractivity contribution in [3.63, 3.8) is 0 Å². The van der Waals surface area contributed by atoms with Crippen LogP contribution in [0, 0.1) is 0 Å². The maximum Gasteiger partial charge on any atom is 0.172 e. The zero-order chi connectivity index (χ0) is 10.7. The Bertz CT molecular complexity index is 453. The number of hydrogen-bond donors (Lipinski definition) is 0. The smallest absolute Gasteiger partial charge is 0.172 e. The van der Waals surface area contributed by atoms with E-state index in [2.05, 4.69) is 10.1 Å². The molecule has 0 radical (unpaired) electrons. The zero-order valence-electron chi connectivity index (χ0n) is 7.90. The summed E-state index contributed by atoms with van der Waals surface area (Å²) in [6, 6.07) is 3.57. The number of pyridine rings is 1. The average molecular weight is 242 g/mol. The van der Waals surface area contributed by atoms with Crippen LogP contribution in [0.1, 0.15) is 5.56 Å². The first-order valence-corrected chi connectivity index (χ1v) is 5.43. The van der Waals surface area contributed by atoms with Gasteiger partial charge in [0.2, 0.25) is 0 Å². The molecule has 0 bridgehead atoms. The van der Waals surface area contributed by atoms with E-state index in [-0.39, 0.29) is 0 Å². The molecule has 0 aromatic carbocycles. The van der Waals surface area contributed by atoms with Crippen molar-refractivity contribution in [2.45, 2.75) is 6.42 Å². The highest BCUT2D eigenvalue weighted by atomic mass is 35.5. The highest BCUT2D eigenvalue weighted by Gasteiger charge is 2.05. The van der Waals surface area contributed by atoms with Crippen LogP contribution >= 0.6 is 23.2 Å². The molecule has 0 unspecified atom stereocenters. The normalized spacial score (nSPS) is 10.5. The highest BCUT2D eigenvalue weighted by Crippen LogP contribution is 2.16. The minimum Gasteiger partial charge on any atom is -0.236 e. The lowest BCUT2D eigenvalue weighted by molar-refractivity contribution is 0.846. The summed E-state index contributed by atoms with van der Waals surface area (Å²) in [5, 5.41) is 4.76. The zero-order valence-corrected chi connectivity index (χ0v) is 9.41. The summed E-state index contributed by atoms with van der Waals surface area (Å²) in [7, 11) is 0. The summed E-state index contributed by atoms with van der Waals surface area (Å²) >= 11 is 11.6. The number of rotatable bonds is 3. The molecule has 3 nitrogen and oxygen atoms in total. The highest BCUT2D eigenvalue weighted by molar-refractivity contribution is 6.32. The summed E-state index contributed by atoms with van der Waals surface area (Å²) in [5.74, 6) is 1.22. The van der Waals surface area contributed by atoms with Crippen molar-refractivity contribution >= 4 is 23.2 Å². The van der Waals surface area contributed by atoms with Crippen LogP contribution in [0.2, 0.25) is 5.02 Å². The molecule has 0 fully saturated rings. The first-order chi connectivity index (χ1) is 7.31. The lowest BCUT2D eigenvalue weighted by atomic mass is 10.3. The monoisotopic (exact) mass is 241 g/mol. The molecule has 2 aromatic heterocycles. The van der Waals surface area contributed by atoms with Crippen molar-refractivity contribution in [2.24, 2.45) is 0 Å². The van der Waals surface area contributed by atoms with Gasteiger partial charge in [0, 0.05) is 18.3 Å². The van der Waals surface area contributed by atoms with Crippen molar-refractivity contribution in [1.82, 2.24) is 14.8 Å². The van der Waals surface area contributed by atoms with Crippen LogP contribution in [-0.4, -0.2) is 20.6 Å². The number of aromatic nitrogens is 3. The van der Waals surface area contributed by atoms with Crippen molar-refractivity contribution in [2.75, 3.05) is 5.88 Å². The Morgan fingerprint density at radius 2 is 2.27 bits per heavy atom. The van der Waals surface area contributed by atoms with Crippen molar-refractivity contribution in [3.05, 3.63) is 41.3 Å². The van der Waals surface area contributed by atoms with E-state index in [1.54, 1.807) is 29.2 Å². The van der Waals surface area contributed by atoms with Gasteiger partial charge in [0.15, 0.2) is 5.82 Å². The Morgan fingerprint density at radius 3 is 3.00 bits per heavy atom. The second-order valence-electron chi connectivity index (χ2n) is 3.04. The third-order valence-electron chi connectivity index (χ3n) is 1.98. The summed E-state index contributed by atoms with van der Waals surface area (Å²) in [4.78, 5) is 4.16. The van der Waals surface area contributed by atoms with Gasteiger partial charge in [-0.15, -0.1) is 11.6 Å². The van der Waals surface area contributed by atoms with Crippen LogP contribution in [0.25, 0.3) is 5.82 Å². The summed E-state index contributed by atoms with van der Waals surface area (Å²) in [5.41, 5.74) is 1.08. The van der Waals surface area contributed by atoms with Crippen LogP contribution in [0.15, 0.2) is 30.7 Å². The van der Waals surface area contributed by atoms with E-state index in [0.717, 1.165) is 12.0 Å². The van der Waals surface area contributed by atoms with Crippen LogP contribution in [0.4, 0.5) is 0 Å². The van der Waals surface area contributed by atoms with Gasteiger partial charge in [-0.3, -0.25) is 0 Å². The molecule has 2 heterocycles. The maximum atomic E-state index is 6.00. The Labute approximate surface area is 97.7 Å². The Hall–Kier alpha value is -1.06. The number of halogens is 2. The fourth-order valence-electron chi connectivity index (χ4n) is 1.26. The van der Waals surface area contributed by atoms with Crippen molar-refractivity contribution < 1.29 is 0 Å². The third kappa shape index (κ3) is 2.30. The standard InChI is InChI=1S/C10H9Cl2N3/c11-4-3-8-6-14-15(7-8)10-9(12)2-1-5-13-10/h1-2,5-7H,3-4H2. The molecule has 0 atom stereocenters. The lowest BCUT2D eigenvalue weighted by Crippen LogP contribution is -1.98. The molecule has 15 heavy (non-hydrogen) atoms. The van der Waals surface area contributed by atoms with E-state index >= 15 is 0 Å². The molecule has 2 aromatic rings. The fourth-order valence-corrected chi connectivity index (χ4v) is 1.69. The van der Waals surface area contributed by atoms with Gasteiger partial charge in [-0.1, -0.05) is 11.6 Å². The summed E-state index contributed by atoms with van der Waals surface area (Å²) in [6.45, 7) is 0. The number of hydrogen-bond acceptors (Lipinski definition) is 2. The van der Waals surface area contributed by atoms with Gasteiger partial charge in [-0.2, -0.15) is 5.10 Å². The predicted octanol–water partition coefficient (Wildman–Crippen LogP) is 2.70. The average Bonchev–Trinajstić information content (AvgIpc) is 2.68. The molecule has 0 aliphatic rings. The Balaban J connectivity index is 2.33. The van der Waals surface area contributed by atoms with Gasteiger partial charge in [-0.25, -0.2) is 9.67 Å². The minimum atomic E-state index is 0.582. The fraction of sp³-hybridized carbons (Fsp3) is 0.200. The molecule has 0 N–H and O–H groups in total. The molecule has 2 rings (SSSR count). The molecule has 0 saturated carbocycles. The lowest BCUT2D eigenvalue weighted by Gasteiger charge is -2.01. The van der Waals surface area contributed by atoms with Crippen LogP contribution in [0.3, 0.4) is 0 Å². The van der Waals surface area contributed by atoms with E-state index in [1.165, 1.54) is 0 Å². The Kier molecular flexibility index (Phi) is 3.23. The van der Waals surface area contributed by atoms with Crippen LogP contribution in [0.5, 0.6) is 0 Å². The van der Waals surface area contributed by atoms with Gasteiger partial charge < -0.3 is 0 Å². The number of nitrogens with zero attached hydrogens (tertiary/aromatic N) is 3. The van der Waals surface area contributed by atoms with Gasteiger partial charge in [-0.05, 0) is 24.1 Å². The second-order valence-corrected chi connectivity index (χ2v) is 3.83. The van der Waals surface area contributed by atoms with Gasteiger partial charge in [0.1, 0.15) is 0 Å². The molecule has 0 aliphatic heterocycles. The predicted molar refractivity (Wildman–Crippen MR) is 60.8 cm³/mol. The largest absolute Gasteiger partial charge is 0.236 e. The molecular formula is C10H9Cl2N3. The quantitative estimate of drug-likeness (QED) is 0.774. The Morgan fingerprint density at radius 1 is 1.40 bits per heavy atom. The van der Waals surface area contributed by atoms with Gasteiger partial charge >= 0.3 is 0 Å².